The van der Waals surface area contributed by atoms with Gasteiger partial charge in [0.1, 0.15) is 6.04 Å². The lowest BCUT2D eigenvalue weighted by Crippen LogP contribution is -2.45. The van der Waals surface area contributed by atoms with Crippen LogP contribution >= 0.6 is 11.6 Å². The summed E-state index contributed by atoms with van der Waals surface area (Å²) in [6, 6.07) is 5.36. The summed E-state index contributed by atoms with van der Waals surface area (Å²) in [4.78, 5) is 41.3. The number of hydrogen-bond donors (Lipinski definition) is 3. The molecule has 11 heteroatoms. The van der Waals surface area contributed by atoms with Crippen LogP contribution in [-0.2, 0) is 28.0 Å². The Labute approximate surface area is 248 Å². The summed E-state index contributed by atoms with van der Waals surface area (Å²) in [5.74, 6) is -0.0430. The van der Waals surface area contributed by atoms with E-state index in [1.807, 2.05) is 51.2 Å². The number of nitrogens with two attached hydrogens (primary N) is 1. The molecule has 2 aliphatic rings. The average Bonchev–Trinajstić information content (AvgIpc) is 3.73. The van der Waals surface area contributed by atoms with E-state index in [1.165, 1.54) is 6.20 Å². The number of carbonyl (C=O) groups excluding carboxylic acids is 3. The molecular formula is C30H46ClN7O3. The second-order valence-electron chi connectivity index (χ2n) is 10.3. The maximum atomic E-state index is 12.8. The second kappa shape index (κ2) is 17.4. The molecule has 1 atom stereocenters. The number of allylic oxidation sites excluding steroid dienone is 2. The molecule has 0 saturated carbocycles. The Bertz CT molecular complexity index is 1200. The van der Waals surface area contributed by atoms with Gasteiger partial charge in [0, 0.05) is 51.5 Å². The van der Waals surface area contributed by atoms with E-state index >= 15 is 0 Å². The molecule has 2 fully saturated rings. The summed E-state index contributed by atoms with van der Waals surface area (Å²) in [6.45, 7) is 8.00. The number of benzene rings is 1. The third-order valence-electron chi connectivity index (χ3n) is 7.04. The molecule has 4 N–H and O–H groups in total. The Morgan fingerprint density at radius 1 is 1.12 bits per heavy atom. The fourth-order valence-corrected chi connectivity index (χ4v) is 5.02. The van der Waals surface area contributed by atoms with Gasteiger partial charge in [0.2, 0.25) is 17.7 Å². The summed E-state index contributed by atoms with van der Waals surface area (Å²) < 4.78 is 1.72. The predicted octanol–water partition coefficient (Wildman–Crippen LogP) is 3.50. The van der Waals surface area contributed by atoms with E-state index in [1.54, 1.807) is 15.7 Å². The number of nitrogens with one attached hydrogen (secondary N) is 2. The molecule has 0 radical (unpaired) electrons. The van der Waals surface area contributed by atoms with Gasteiger partial charge in [-0.05, 0) is 82.6 Å². The van der Waals surface area contributed by atoms with Crippen molar-refractivity contribution in [3.05, 3.63) is 53.3 Å². The van der Waals surface area contributed by atoms with Crippen LogP contribution in [0.4, 0.5) is 0 Å². The van der Waals surface area contributed by atoms with Crippen molar-refractivity contribution < 1.29 is 14.4 Å². The van der Waals surface area contributed by atoms with Crippen molar-refractivity contribution in [1.29, 1.82) is 0 Å². The molecule has 0 unspecified atom stereocenters. The highest BCUT2D eigenvalue weighted by Gasteiger charge is 2.33. The van der Waals surface area contributed by atoms with Gasteiger partial charge in [-0.25, -0.2) is 0 Å². The molecule has 226 valence electrons. The number of aromatic nitrogens is 2. The van der Waals surface area contributed by atoms with E-state index in [-0.39, 0.29) is 17.7 Å². The Morgan fingerprint density at radius 2 is 1.78 bits per heavy atom. The van der Waals surface area contributed by atoms with Crippen LogP contribution in [0.2, 0.25) is 5.15 Å². The smallest absolute Gasteiger partial charge is 0.243 e. The maximum absolute atomic E-state index is 12.8. The molecule has 2 aliphatic heterocycles. The number of hydrogen-bond acceptors (Lipinski definition) is 6. The van der Waals surface area contributed by atoms with Crippen LogP contribution < -0.4 is 16.4 Å². The molecule has 1 aromatic heterocycles. The van der Waals surface area contributed by atoms with Crippen molar-refractivity contribution in [2.75, 3.05) is 33.7 Å². The molecule has 4 rings (SSSR count). The van der Waals surface area contributed by atoms with Gasteiger partial charge < -0.3 is 26.2 Å². The first-order valence-corrected chi connectivity index (χ1v) is 14.6. The summed E-state index contributed by atoms with van der Waals surface area (Å²) in [6.07, 6.45) is 8.08. The van der Waals surface area contributed by atoms with E-state index in [0.29, 0.717) is 43.9 Å². The molecule has 41 heavy (non-hydrogen) atoms. The zero-order chi connectivity index (χ0) is 30.4. The zero-order valence-electron chi connectivity index (χ0n) is 24.9. The van der Waals surface area contributed by atoms with Crippen LogP contribution in [0.5, 0.6) is 0 Å². The largest absolute Gasteiger partial charge is 0.404 e. The third kappa shape index (κ3) is 10.2. The van der Waals surface area contributed by atoms with Crippen LogP contribution in [-0.4, -0.2) is 77.1 Å². The Morgan fingerprint density at radius 3 is 2.39 bits per heavy atom. The highest BCUT2D eigenvalue weighted by molar-refractivity contribution is 6.34. The zero-order valence-corrected chi connectivity index (χ0v) is 25.7. The molecule has 3 heterocycles. The lowest BCUT2D eigenvalue weighted by atomic mass is 10.1. The van der Waals surface area contributed by atoms with Crippen molar-refractivity contribution in [3.63, 3.8) is 0 Å². The van der Waals surface area contributed by atoms with Crippen LogP contribution in [0.1, 0.15) is 57.4 Å². The average molecular weight is 588 g/mol. The molecule has 0 bridgehead atoms. The van der Waals surface area contributed by atoms with Crippen molar-refractivity contribution in [2.45, 2.75) is 64.5 Å². The highest BCUT2D eigenvalue weighted by atomic mass is 35.5. The topological polar surface area (TPSA) is 126 Å². The predicted molar refractivity (Wildman–Crippen MR) is 165 cm³/mol. The number of nitrogens with zero attached hydrogens (tertiary/aromatic N) is 4. The van der Waals surface area contributed by atoms with Crippen LogP contribution in [0.3, 0.4) is 0 Å². The van der Waals surface area contributed by atoms with Gasteiger partial charge in [-0.2, -0.15) is 5.10 Å². The van der Waals surface area contributed by atoms with E-state index in [0.717, 1.165) is 54.4 Å². The van der Waals surface area contributed by atoms with Gasteiger partial charge in [-0.1, -0.05) is 30.3 Å². The minimum Gasteiger partial charge on any atom is -0.404 e. The highest BCUT2D eigenvalue weighted by Crippen LogP contribution is 2.24. The number of amides is 3. The normalized spacial score (nSPS) is 16.5. The summed E-state index contributed by atoms with van der Waals surface area (Å²) >= 11 is 6.18. The van der Waals surface area contributed by atoms with Gasteiger partial charge in [0.25, 0.3) is 0 Å². The van der Waals surface area contributed by atoms with E-state index in [9.17, 15) is 14.4 Å². The molecule has 1 aromatic carbocycles. The number of aryl methyl sites for hydroxylation is 1. The Kier molecular flexibility index (Phi) is 14.4. The lowest BCUT2D eigenvalue weighted by molar-refractivity contribution is -0.138. The van der Waals surface area contributed by atoms with Gasteiger partial charge in [0.05, 0.1) is 5.52 Å². The van der Waals surface area contributed by atoms with Crippen LogP contribution in [0.15, 0.2) is 42.6 Å². The summed E-state index contributed by atoms with van der Waals surface area (Å²) in [7, 11) is 5.59. The first kappa shape index (κ1) is 33.8. The van der Waals surface area contributed by atoms with Crippen molar-refractivity contribution >= 4 is 40.2 Å². The van der Waals surface area contributed by atoms with Gasteiger partial charge in [-0.15, -0.1) is 0 Å². The number of carbonyl (C=O) groups is 3. The number of fused-ring (bicyclic) bond motifs is 1. The molecule has 2 aromatic rings. The summed E-state index contributed by atoms with van der Waals surface area (Å²) in [5.41, 5.74) is 7.92. The number of halogens is 1. The van der Waals surface area contributed by atoms with Crippen LogP contribution in [0.25, 0.3) is 10.9 Å². The summed E-state index contributed by atoms with van der Waals surface area (Å²) in [5, 5.41) is 11.2. The minimum absolute atomic E-state index is 0.0413. The first-order chi connectivity index (χ1) is 19.7. The Balaban J connectivity index is 0.000000572. The van der Waals surface area contributed by atoms with Crippen LogP contribution in [0, 0.1) is 0 Å². The van der Waals surface area contributed by atoms with E-state index in [2.05, 4.69) is 22.3 Å². The number of likely N-dealkylation sites (tertiary alicyclic amines) is 2. The van der Waals surface area contributed by atoms with Gasteiger partial charge >= 0.3 is 0 Å². The standard InChI is InChI=1S/C23H30ClN5O3.C5H9N.C2H7N/c1-27-18-10-9-16(14-17(18)22(24)26-27)15-25-23(32)19-6-5-13-29(19)21(31)8-4-7-20(30)28-11-2-3-12-28;1-3-5(2)4-6;1-3-2/h9-10,14,19H,2-8,11-13,15H2,1H3,(H,25,32);3-4H,1,6H2,2H3;3H,1-2H3/b;5-4-;/t19-;;/m0../s1. The van der Waals surface area contributed by atoms with E-state index in [4.69, 9.17) is 17.3 Å². The minimum atomic E-state index is -0.442. The van der Waals surface area contributed by atoms with E-state index < -0.39 is 6.04 Å². The molecule has 10 nitrogen and oxygen atoms in total. The van der Waals surface area contributed by atoms with Gasteiger partial charge in [-0.3, -0.25) is 19.1 Å². The Hall–Kier alpha value is -3.37. The fourth-order valence-electron chi connectivity index (χ4n) is 4.75. The second-order valence-corrected chi connectivity index (χ2v) is 10.6. The van der Waals surface area contributed by atoms with Crippen molar-refractivity contribution in [3.8, 4) is 0 Å². The maximum Gasteiger partial charge on any atom is 0.243 e. The molecular weight excluding hydrogens is 542 g/mol. The lowest BCUT2D eigenvalue weighted by Gasteiger charge is -2.24. The van der Waals surface area contributed by atoms with Crippen molar-refractivity contribution in [2.24, 2.45) is 12.8 Å². The van der Waals surface area contributed by atoms with Crippen molar-refractivity contribution in [1.82, 2.24) is 30.2 Å². The first-order valence-electron chi connectivity index (χ1n) is 14.2. The SMILES string of the molecule is C=C/C(C)=C\N.CNC.Cn1nc(Cl)c2cc(CNC(=O)[C@@H]3CCCN3C(=O)CCCC(=O)N3CCCC3)ccc21. The number of rotatable bonds is 8. The molecule has 0 spiro atoms. The molecule has 2 saturated heterocycles. The quantitative estimate of drug-likeness (QED) is 0.406. The third-order valence-corrected chi connectivity index (χ3v) is 7.32. The molecule has 0 aliphatic carbocycles. The fraction of sp³-hybridized carbons (Fsp3) is 0.533. The van der Waals surface area contributed by atoms with Gasteiger partial charge in [0.15, 0.2) is 5.15 Å². The molecule has 3 amide bonds. The monoisotopic (exact) mass is 587 g/mol.